The predicted molar refractivity (Wildman–Crippen MR) is 128 cm³/mol. The van der Waals surface area contributed by atoms with Crippen LogP contribution in [0.3, 0.4) is 0 Å². The van der Waals surface area contributed by atoms with E-state index < -0.39 is 35.6 Å². The van der Waals surface area contributed by atoms with Gasteiger partial charge in [-0.1, -0.05) is 12.1 Å². The van der Waals surface area contributed by atoms with E-state index in [0.717, 1.165) is 6.07 Å². The molecular formula is C25H27F3N4O4. The second-order valence-electron chi connectivity index (χ2n) is 8.14. The average Bonchev–Trinajstić information content (AvgIpc) is 2.86. The monoisotopic (exact) mass is 504 g/mol. The third-order valence-corrected chi connectivity index (χ3v) is 5.60. The van der Waals surface area contributed by atoms with E-state index in [0.29, 0.717) is 30.0 Å². The van der Waals surface area contributed by atoms with E-state index in [9.17, 15) is 22.8 Å². The number of nitrogens with zero attached hydrogens (tertiary/aromatic N) is 2. The molecule has 0 aliphatic carbocycles. The molecular weight excluding hydrogens is 477 g/mol. The third-order valence-electron chi connectivity index (χ3n) is 5.60. The van der Waals surface area contributed by atoms with Gasteiger partial charge in [0.15, 0.2) is 11.6 Å². The van der Waals surface area contributed by atoms with Crippen LogP contribution in [0.5, 0.6) is 0 Å². The standard InChI is InChI=1S/C25H27F3N4O4/c1-32(24(34)30-14-17-5-4-7-21(27)23(17)28)20(6-2-3-10-33)15-36-25(35)31-22-12-18-11-19(26)9-8-16(18)13-29-22/h4-5,7-9,11-13,20,33H,2-3,6,10,14-15H2,1H3,(H,30,34)(H,29,31,35)/t20-/m0/s1. The Hall–Kier alpha value is -3.86. The van der Waals surface area contributed by atoms with Gasteiger partial charge < -0.3 is 20.1 Å². The van der Waals surface area contributed by atoms with Gasteiger partial charge >= 0.3 is 12.1 Å². The van der Waals surface area contributed by atoms with E-state index in [2.05, 4.69) is 15.6 Å². The zero-order chi connectivity index (χ0) is 26.1. The summed E-state index contributed by atoms with van der Waals surface area (Å²) >= 11 is 0. The van der Waals surface area contributed by atoms with Crippen molar-refractivity contribution in [2.45, 2.75) is 31.8 Å². The molecule has 2 aromatic carbocycles. The number of nitrogens with one attached hydrogen (secondary N) is 2. The van der Waals surface area contributed by atoms with Gasteiger partial charge in [0.25, 0.3) is 0 Å². The highest BCUT2D eigenvalue weighted by molar-refractivity contribution is 5.89. The Morgan fingerprint density at radius 2 is 1.92 bits per heavy atom. The van der Waals surface area contributed by atoms with Crippen LogP contribution in [-0.2, 0) is 11.3 Å². The number of rotatable bonds is 10. The minimum atomic E-state index is -1.04. The molecule has 0 fully saturated rings. The first-order valence-corrected chi connectivity index (χ1v) is 11.3. The molecule has 36 heavy (non-hydrogen) atoms. The molecule has 8 nitrogen and oxygen atoms in total. The SMILES string of the molecule is CN(C(=O)NCc1cccc(F)c1F)[C@@H](CCCCO)COC(=O)Nc1cc2cc(F)ccc2cn1. The molecule has 1 aromatic heterocycles. The molecule has 0 bridgehead atoms. The maximum atomic E-state index is 13.9. The molecule has 1 atom stereocenters. The number of urea groups is 1. The van der Waals surface area contributed by atoms with Crippen LogP contribution in [0.4, 0.5) is 28.6 Å². The smallest absolute Gasteiger partial charge is 0.412 e. The molecule has 3 amide bonds. The third kappa shape index (κ3) is 7.32. The maximum Gasteiger partial charge on any atom is 0.412 e. The van der Waals surface area contributed by atoms with Crippen molar-refractivity contribution >= 4 is 28.7 Å². The molecule has 192 valence electrons. The highest BCUT2D eigenvalue weighted by Gasteiger charge is 2.22. The number of hydrogen-bond donors (Lipinski definition) is 3. The number of hydrogen-bond acceptors (Lipinski definition) is 5. The van der Waals surface area contributed by atoms with E-state index >= 15 is 0 Å². The number of aromatic nitrogens is 1. The molecule has 0 spiro atoms. The van der Waals surface area contributed by atoms with Crippen molar-refractivity contribution in [2.24, 2.45) is 0 Å². The number of ether oxygens (including phenoxy) is 1. The van der Waals surface area contributed by atoms with Crippen molar-refractivity contribution in [2.75, 3.05) is 25.6 Å². The van der Waals surface area contributed by atoms with Crippen molar-refractivity contribution in [1.29, 1.82) is 0 Å². The number of amides is 3. The summed E-state index contributed by atoms with van der Waals surface area (Å²) in [6.07, 6.45) is 2.13. The number of pyridine rings is 1. The van der Waals surface area contributed by atoms with Gasteiger partial charge in [-0.15, -0.1) is 0 Å². The van der Waals surface area contributed by atoms with Crippen LogP contribution in [-0.4, -0.2) is 53.4 Å². The first kappa shape index (κ1) is 26.7. The fourth-order valence-corrected chi connectivity index (χ4v) is 3.52. The summed E-state index contributed by atoms with van der Waals surface area (Å²) in [5, 5.41) is 15.3. The summed E-state index contributed by atoms with van der Waals surface area (Å²) in [6, 6.07) is 8.25. The van der Waals surface area contributed by atoms with Crippen LogP contribution in [0.15, 0.2) is 48.7 Å². The first-order chi connectivity index (χ1) is 17.3. The van der Waals surface area contributed by atoms with Gasteiger partial charge in [0.2, 0.25) is 0 Å². The normalized spacial score (nSPS) is 11.7. The molecule has 0 aliphatic rings. The van der Waals surface area contributed by atoms with Crippen LogP contribution in [0.25, 0.3) is 10.8 Å². The maximum absolute atomic E-state index is 13.9. The molecule has 0 aliphatic heterocycles. The van der Waals surface area contributed by atoms with Crippen molar-refractivity contribution in [3.63, 3.8) is 0 Å². The van der Waals surface area contributed by atoms with Crippen LogP contribution in [0.2, 0.25) is 0 Å². The summed E-state index contributed by atoms with van der Waals surface area (Å²) in [4.78, 5) is 30.4. The van der Waals surface area contributed by atoms with Crippen molar-refractivity contribution in [1.82, 2.24) is 15.2 Å². The molecule has 3 aromatic rings. The Labute approximate surface area is 206 Å². The Balaban J connectivity index is 1.58. The Bertz CT molecular complexity index is 1210. The number of likely N-dealkylation sites (N-methyl/N-ethyl adjacent to an activating group) is 1. The summed E-state index contributed by atoms with van der Waals surface area (Å²) in [5.74, 6) is -2.31. The van der Waals surface area contributed by atoms with Crippen molar-refractivity contribution in [3.8, 4) is 0 Å². The fourth-order valence-electron chi connectivity index (χ4n) is 3.52. The highest BCUT2D eigenvalue weighted by Crippen LogP contribution is 2.18. The van der Waals surface area contributed by atoms with E-state index in [1.807, 2.05) is 0 Å². The molecule has 0 radical (unpaired) electrons. The Kier molecular flexibility index (Phi) is 9.46. The van der Waals surface area contributed by atoms with Gasteiger partial charge in [-0.3, -0.25) is 5.32 Å². The minimum Gasteiger partial charge on any atom is -0.447 e. The Morgan fingerprint density at radius 3 is 2.69 bits per heavy atom. The molecule has 3 rings (SSSR count). The van der Waals surface area contributed by atoms with Gasteiger partial charge in [0, 0.05) is 37.3 Å². The van der Waals surface area contributed by atoms with E-state index in [-0.39, 0.29) is 31.1 Å². The van der Waals surface area contributed by atoms with Crippen molar-refractivity contribution in [3.05, 3.63) is 71.7 Å². The quantitative estimate of drug-likeness (QED) is 0.351. The number of fused-ring (bicyclic) bond motifs is 1. The lowest BCUT2D eigenvalue weighted by molar-refractivity contribution is 0.112. The molecule has 0 saturated carbocycles. The zero-order valence-corrected chi connectivity index (χ0v) is 19.6. The average molecular weight is 505 g/mol. The second kappa shape index (κ2) is 12.7. The topological polar surface area (TPSA) is 104 Å². The summed E-state index contributed by atoms with van der Waals surface area (Å²) in [7, 11) is 1.49. The predicted octanol–water partition coefficient (Wildman–Crippen LogP) is 4.57. The van der Waals surface area contributed by atoms with Gasteiger partial charge in [-0.2, -0.15) is 0 Å². The number of carbonyl (C=O) groups is 2. The van der Waals surface area contributed by atoms with Crippen LogP contribution < -0.4 is 10.6 Å². The number of halogens is 3. The number of aliphatic hydroxyl groups excluding tert-OH is 1. The fraction of sp³-hybridized carbons (Fsp3) is 0.320. The van der Waals surface area contributed by atoms with Crippen LogP contribution in [0, 0.1) is 17.5 Å². The molecule has 3 N–H and O–H groups in total. The summed E-state index contributed by atoms with van der Waals surface area (Å²) in [5.41, 5.74) is -0.00743. The molecule has 0 saturated heterocycles. The lowest BCUT2D eigenvalue weighted by Gasteiger charge is -2.28. The van der Waals surface area contributed by atoms with E-state index in [1.54, 1.807) is 6.07 Å². The number of aliphatic hydroxyl groups is 1. The van der Waals surface area contributed by atoms with E-state index in [4.69, 9.17) is 9.84 Å². The number of benzene rings is 2. The molecule has 1 heterocycles. The summed E-state index contributed by atoms with van der Waals surface area (Å²) in [6.45, 7) is -0.430. The van der Waals surface area contributed by atoms with E-state index in [1.165, 1.54) is 48.5 Å². The Morgan fingerprint density at radius 1 is 1.11 bits per heavy atom. The van der Waals surface area contributed by atoms with Crippen LogP contribution >= 0.6 is 0 Å². The highest BCUT2D eigenvalue weighted by atomic mass is 19.2. The largest absolute Gasteiger partial charge is 0.447 e. The number of anilines is 1. The lowest BCUT2D eigenvalue weighted by Crippen LogP contribution is -2.46. The van der Waals surface area contributed by atoms with Crippen LogP contribution in [0.1, 0.15) is 24.8 Å². The number of carbonyl (C=O) groups excluding carboxylic acids is 2. The molecule has 11 heteroatoms. The van der Waals surface area contributed by atoms with Gasteiger partial charge in [0.05, 0.1) is 6.04 Å². The van der Waals surface area contributed by atoms with Gasteiger partial charge in [-0.25, -0.2) is 27.7 Å². The summed E-state index contributed by atoms with van der Waals surface area (Å²) < 4.78 is 46.0. The lowest BCUT2D eigenvalue weighted by atomic mass is 10.1. The van der Waals surface area contributed by atoms with Crippen molar-refractivity contribution < 1.29 is 32.6 Å². The number of unbranched alkanes of at least 4 members (excludes halogenated alkanes) is 1. The van der Waals surface area contributed by atoms with Gasteiger partial charge in [-0.05, 0) is 55.0 Å². The van der Waals surface area contributed by atoms with Gasteiger partial charge in [0.1, 0.15) is 18.2 Å². The second-order valence-corrected chi connectivity index (χ2v) is 8.14. The minimum absolute atomic E-state index is 0.00743. The molecule has 0 unspecified atom stereocenters. The zero-order valence-electron chi connectivity index (χ0n) is 19.6. The first-order valence-electron chi connectivity index (χ1n) is 11.3.